The van der Waals surface area contributed by atoms with E-state index >= 15 is 0 Å². The third kappa shape index (κ3) is 3.03. The number of imide groups is 1. The molecule has 0 aliphatic carbocycles. The Hall–Kier alpha value is -1.79. The Labute approximate surface area is 141 Å². The van der Waals surface area contributed by atoms with Gasteiger partial charge in [0.05, 0.1) is 5.69 Å². The zero-order chi connectivity index (χ0) is 15.7. The van der Waals surface area contributed by atoms with Gasteiger partial charge in [-0.25, -0.2) is 4.90 Å². The second-order valence-corrected chi connectivity index (χ2v) is 6.90. The van der Waals surface area contributed by atoms with Crippen molar-refractivity contribution in [3.05, 3.63) is 58.6 Å². The lowest BCUT2D eigenvalue weighted by atomic mass is 10.2. The Morgan fingerprint density at radius 1 is 1.05 bits per heavy atom. The van der Waals surface area contributed by atoms with E-state index in [4.69, 9.17) is 0 Å². The average molecular weight is 377 g/mol. The van der Waals surface area contributed by atoms with Crippen molar-refractivity contribution in [3.8, 4) is 0 Å². The molecule has 2 aromatic rings. The van der Waals surface area contributed by atoms with Crippen LogP contribution in [0.1, 0.15) is 5.56 Å². The molecule has 1 fully saturated rings. The van der Waals surface area contributed by atoms with E-state index < -0.39 is 5.37 Å². The van der Waals surface area contributed by atoms with Crippen LogP contribution in [0.25, 0.3) is 0 Å². The quantitative estimate of drug-likeness (QED) is 0.862. The molecule has 4 nitrogen and oxygen atoms in total. The topological polar surface area (TPSA) is 49.4 Å². The second kappa shape index (κ2) is 6.14. The Bertz CT molecular complexity index is 716. The van der Waals surface area contributed by atoms with Gasteiger partial charge in [0.25, 0.3) is 11.1 Å². The van der Waals surface area contributed by atoms with Gasteiger partial charge >= 0.3 is 0 Å². The molecule has 112 valence electrons. The molecule has 0 bridgehead atoms. The molecule has 0 saturated carbocycles. The van der Waals surface area contributed by atoms with Crippen LogP contribution < -0.4 is 10.2 Å². The largest absolute Gasteiger partial charge is 0.365 e. The molecule has 1 aliphatic heterocycles. The van der Waals surface area contributed by atoms with Gasteiger partial charge in [-0.05, 0) is 55.1 Å². The molecular formula is C16H13BrN2O2S. The average Bonchev–Trinajstić information content (AvgIpc) is 2.77. The fourth-order valence-electron chi connectivity index (χ4n) is 2.13. The number of aryl methyl sites for hydroxylation is 1. The maximum absolute atomic E-state index is 12.5. The summed E-state index contributed by atoms with van der Waals surface area (Å²) in [7, 11) is 0. The summed E-state index contributed by atoms with van der Waals surface area (Å²) in [5, 5.41) is 2.23. The summed E-state index contributed by atoms with van der Waals surface area (Å²) >= 11 is 4.36. The van der Waals surface area contributed by atoms with E-state index in [1.54, 1.807) is 12.1 Å². The molecule has 1 N–H and O–H groups in total. The third-order valence-electron chi connectivity index (χ3n) is 3.28. The molecule has 1 heterocycles. The van der Waals surface area contributed by atoms with E-state index in [1.165, 1.54) is 4.90 Å². The van der Waals surface area contributed by atoms with Crippen LogP contribution in [0.15, 0.2) is 53.0 Å². The lowest BCUT2D eigenvalue weighted by Crippen LogP contribution is -2.34. The number of hydrogen-bond acceptors (Lipinski definition) is 4. The number of hydrogen-bond donors (Lipinski definition) is 1. The van der Waals surface area contributed by atoms with Gasteiger partial charge in [-0.1, -0.05) is 33.6 Å². The van der Waals surface area contributed by atoms with Crippen molar-refractivity contribution in [3.63, 3.8) is 0 Å². The minimum Gasteiger partial charge on any atom is -0.365 e. The molecule has 0 unspecified atom stereocenters. The van der Waals surface area contributed by atoms with E-state index in [0.29, 0.717) is 5.69 Å². The van der Waals surface area contributed by atoms with E-state index in [9.17, 15) is 9.59 Å². The van der Waals surface area contributed by atoms with Crippen molar-refractivity contribution < 1.29 is 9.59 Å². The number of carbonyl (C=O) groups is 2. The van der Waals surface area contributed by atoms with Gasteiger partial charge in [-0.15, -0.1) is 0 Å². The van der Waals surface area contributed by atoms with E-state index in [1.807, 2.05) is 43.3 Å². The SMILES string of the molecule is Cc1ccc(N2C(=O)S[C@H](Nc3ccc(Br)cc3)C2=O)cc1. The Morgan fingerprint density at radius 2 is 1.68 bits per heavy atom. The smallest absolute Gasteiger partial charge is 0.295 e. The van der Waals surface area contributed by atoms with Crippen LogP contribution >= 0.6 is 27.7 Å². The van der Waals surface area contributed by atoms with Crippen LogP contribution in [0.2, 0.25) is 0 Å². The zero-order valence-corrected chi connectivity index (χ0v) is 14.1. The van der Waals surface area contributed by atoms with Crippen LogP contribution in [0.5, 0.6) is 0 Å². The molecule has 6 heteroatoms. The summed E-state index contributed by atoms with van der Waals surface area (Å²) in [5.41, 5.74) is 2.49. The first-order chi connectivity index (χ1) is 10.5. The molecule has 2 aromatic carbocycles. The van der Waals surface area contributed by atoms with Crippen LogP contribution in [0, 0.1) is 6.92 Å². The number of nitrogens with one attached hydrogen (secondary N) is 1. The molecule has 1 saturated heterocycles. The molecule has 0 radical (unpaired) electrons. The maximum Gasteiger partial charge on any atom is 0.295 e. The summed E-state index contributed by atoms with van der Waals surface area (Å²) in [6.45, 7) is 1.96. The minimum absolute atomic E-state index is 0.248. The Balaban J connectivity index is 1.79. The van der Waals surface area contributed by atoms with Crippen LogP contribution in [0.4, 0.5) is 16.2 Å². The standard InChI is InChI=1S/C16H13BrN2O2S/c1-10-2-8-13(9-3-10)19-15(20)14(22-16(19)21)18-12-6-4-11(17)5-7-12/h2-9,14,18H,1H3/t14-/m0/s1. The van der Waals surface area contributed by atoms with E-state index in [2.05, 4.69) is 21.2 Å². The number of benzene rings is 2. The number of halogens is 1. The number of carbonyl (C=O) groups excluding carboxylic acids is 2. The van der Waals surface area contributed by atoms with E-state index in [0.717, 1.165) is 27.5 Å². The summed E-state index contributed by atoms with van der Waals surface area (Å²) in [6, 6.07) is 14.8. The van der Waals surface area contributed by atoms with Gasteiger partial charge in [0.2, 0.25) is 0 Å². The molecule has 22 heavy (non-hydrogen) atoms. The lowest BCUT2D eigenvalue weighted by Gasteiger charge is -2.15. The third-order valence-corrected chi connectivity index (χ3v) is 4.75. The van der Waals surface area contributed by atoms with Crippen LogP contribution in [-0.2, 0) is 4.79 Å². The summed E-state index contributed by atoms with van der Waals surface area (Å²) in [6.07, 6.45) is 0. The highest BCUT2D eigenvalue weighted by Crippen LogP contribution is 2.32. The molecule has 2 amide bonds. The Morgan fingerprint density at radius 3 is 2.32 bits per heavy atom. The van der Waals surface area contributed by atoms with Gasteiger partial charge < -0.3 is 5.32 Å². The lowest BCUT2D eigenvalue weighted by molar-refractivity contribution is -0.116. The fraction of sp³-hybridized carbons (Fsp3) is 0.125. The van der Waals surface area contributed by atoms with Crippen LogP contribution in [-0.4, -0.2) is 16.5 Å². The van der Waals surface area contributed by atoms with Gasteiger partial charge in [-0.2, -0.15) is 0 Å². The van der Waals surface area contributed by atoms with Gasteiger partial charge in [0, 0.05) is 10.2 Å². The minimum atomic E-state index is -0.602. The molecule has 1 aliphatic rings. The molecular weight excluding hydrogens is 364 g/mol. The van der Waals surface area contributed by atoms with Crippen molar-refractivity contribution in [1.29, 1.82) is 0 Å². The highest BCUT2D eigenvalue weighted by atomic mass is 79.9. The number of nitrogens with zero attached hydrogens (tertiary/aromatic N) is 1. The predicted molar refractivity (Wildman–Crippen MR) is 93.2 cm³/mol. The zero-order valence-electron chi connectivity index (χ0n) is 11.7. The van der Waals surface area contributed by atoms with Gasteiger partial charge in [0.1, 0.15) is 0 Å². The summed E-state index contributed by atoms with van der Waals surface area (Å²) in [4.78, 5) is 25.9. The number of rotatable bonds is 3. The van der Waals surface area contributed by atoms with Gasteiger partial charge in [0.15, 0.2) is 5.37 Å². The highest BCUT2D eigenvalue weighted by molar-refractivity contribution is 9.10. The van der Waals surface area contributed by atoms with Crippen molar-refractivity contribution in [1.82, 2.24) is 0 Å². The van der Waals surface area contributed by atoms with Gasteiger partial charge in [-0.3, -0.25) is 9.59 Å². The van der Waals surface area contributed by atoms with Crippen molar-refractivity contribution >= 4 is 50.2 Å². The monoisotopic (exact) mass is 376 g/mol. The second-order valence-electron chi connectivity index (χ2n) is 4.92. The van der Waals surface area contributed by atoms with Crippen molar-refractivity contribution in [2.45, 2.75) is 12.3 Å². The predicted octanol–water partition coefficient (Wildman–Crippen LogP) is 4.40. The fourth-order valence-corrected chi connectivity index (χ4v) is 3.29. The maximum atomic E-state index is 12.5. The van der Waals surface area contributed by atoms with Crippen LogP contribution in [0.3, 0.4) is 0 Å². The molecule has 1 atom stereocenters. The van der Waals surface area contributed by atoms with E-state index in [-0.39, 0.29) is 11.1 Å². The van der Waals surface area contributed by atoms with Crippen molar-refractivity contribution in [2.24, 2.45) is 0 Å². The Kier molecular flexibility index (Phi) is 4.22. The molecule has 0 aromatic heterocycles. The summed E-state index contributed by atoms with van der Waals surface area (Å²) in [5.74, 6) is -0.248. The van der Waals surface area contributed by atoms with Crippen molar-refractivity contribution in [2.75, 3.05) is 10.2 Å². The first-order valence-corrected chi connectivity index (χ1v) is 8.35. The molecule has 0 spiro atoms. The summed E-state index contributed by atoms with van der Waals surface area (Å²) < 4.78 is 0.959. The number of anilines is 2. The number of thioether (sulfide) groups is 1. The molecule has 3 rings (SSSR count). The first-order valence-electron chi connectivity index (χ1n) is 6.68. The highest BCUT2D eigenvalue weighted by Gasteiger charge is 2.40. The number of amides is 2. The first kappa shape index (κ1) is 15.1. The normalized spacial score (nSPS) is 17.9.